The van der Waals surface area contributed by atoms with Gasteiger partial charge in [-0.25, -0.2) is 0 Å². The van der Waals surface area contributed by atoms with Crippen LogP contribution in [-0.2, 0) is 28.6 Å². The molecule has 0 fully saturated rings. The number of hydrogen-bond donors (Lipinski definition) is 0. The van der Waals surface area contributed by atoms with Crippen molar-refractivity contribution >= 4 is 17.9 Å². The Morgan fingerprint density at radius 2 is 0.519 bits per heavy atom. The summed E-state index contributed by atoms with van der Waals surface area (Å²) in [4.78, 5) is 38.2. The van der Waals surface area contributed by atoms with Gasteiger partial charge in [-0.05, 0) is 103 Å². The van der Waals surface area contributed by atoms with Crippen molar-refractivity contribution in [1.29, 1.82) is 0 Å². The molecule has 77 heavy (non-hydrogen) atoms. The lowest BCUT2D eigenvalue weighted by molar-refractivity contribution is -0.167. The quantitative estimate of drug-likeness (QED) is 0.0261. The molecule has 446 valence electrons. The molecule has 0 saturated carbocycles. The fourth-order valence-corrected chi connectivity index (χ4v) is 9.65. The van der Waals surface area contributed by atoms with E-state index >= 15 is 0 Å². The second kappa shape index (κ2) is 65.4. The zero-order valence-corrected chi connectivity index (χ0v) is 51.2. The molecule has 0 aliphatic rings. The smallest absolute Gasteiger partial charge is 0.306 e. The first-order chi connectivity index (χ1) is 38.0. The first-order valence-electron chi connectivity index (χ1n) is 33.4. The Bertz CT molecular complexity index is 1420. The Morgan fingerprint density at radius 1 is 0.273 bits per heavy atom. The third-order valence-electron chi connectivity index (χ3n) is 14.7. The maximum absolute atomic E-state index is 12.8. The summed E-state index contributed by atoms with van der Waals surface area (Å²) in [5.74, 6) is -0.880. The van der Waals surface area contributed by atoms with Gasteiger partial charge < -0.3 is 14.2 Å². The summed E-state index contributed by atoms with van der Waals surface area (Å²) in [7, 11) is 0. The molecule has 0 bridgehead atoms. The van der Waals surface area contributed by atoms with Gasteiger partial charge in [0.2, 0.25) is 0 Å². The zero-order chi connectivity index (χ0) is 55.7. The highest BCUT2D eigenvalue weighted by Gasteiger charge is 2.19. The Kier molecular flexibility index (Phi) is 62.7. The molecule has 0 aliphatic carbocycles. The van der Waals surface area contributed by atoms with Gasteiger partial charge in [-0.1, -0.05) is 293 Å². The lowest BCUT2D eigenvalue weighted by Gasteiger charge is -2.18. The normalized spacial score (nSPS) is 12.5. The van der Waals surface area contributed by atoms with E-state index in [0.717, 1.165) is 103 Å². The molecule has 0 spiro atoms. The SMILES string of the molecule is CC/C=C\C/C=C\C/C=C\C/C=C\CCCCCCCCCCCCCCCCCCCCCCCCC(=O)OCC(COC(=O)CCCCCCC/C=C\CCCC)OC(=O)CCCCCCC/C=C\CCCCCC. The minimum atomic E-state index is -0.779. The van der Waals surface area contributed by atoms with Crippen molar-refractivity contribution < 1.29 is 28.6 Å². The Morgan fingerprint density at radius 3 is 0.844 bits per heavy atom. The van der Waals surface area contributed by atoms with Crippen LogP contribution in [0.15, 0.2) is 72.9 Å². The van der Waals surface area contributed by atoms with Crippen molar-refractivity contribution in [1.82, 2.24) is 0 Å². The number of carbonyl (C=O) groups excluding carboxylic acids is 3. The molecule has 0 radical (unpaired) electrons. The third-order valence-corrected chi connectivity index (χ3v) is 14.7. The third kappa shape index (κ3) is 63.6. The zero-order valence-electron chi connectivity index (χ0n) is 51.2. The largest absolute Gasteiger partial charge is 0.462 e. The standard InChI is InChI=1S/C71H126O6/c1-4-7-10-13-16-19-22-24-25-26-27-28-29-30-31-32-33-34-35-36-37-38-39-40-41-42-43-44-45-47-49-52-55-58-61-64-70(73)76-67-68(66-75-69(72)63-60-57-54-51-48-21-18-15-12-9-6-3)77-71(74)65-62-59-56-53-50-46-23-20-17-14-11-8-5-2/h7,10,15-16,18-20,23-25,27-28,68H,4-6,8-9,11-14,17,21-22,26,29-67H2,1-3H3/b10-7-,18-15-,19-16-,23-20-,25-24-,28-27-. The summed E-state index contributed by atoms with van der Waals surface area (Å²) < 4.78 is 16.9. The number of unbranched alkanes of at least 4 members (excludes halogenated alkanes) is 38. The van der Waals surface area contributed by atoms with E-state index in [1.54, 1.807) is 0 Å². The van der Waals surface area contributed by atoms with Crippen LogP contribution in [0, 0.1) is 0 Å². The van der Waals surface area contributed by atoms with Gasteiger partial charge in [-0.15, -0.1) is 0 Å². The summed E-state index contributed by atoms with van der Waals surface area (Å²) >= 11 is 0. The number of allylic oxidation sites excluding steroid dienone is 12. The van der Waals surface area contributed by atoms with E-state index in [0.29, 0.717) is 19.3 Å². The van der Waals surface area contributed by atoms with Crippen molar-refractivity contribution in [2.24, 2.45) is 0 Å². The molecule has 0 N–H and O–H groups in total. The summed E-state index contributed by atoms with van der Waals surface area (Å²) in [5.41, 5.74) is 0. The number of hydrogen-bond acceptors (Lipinski definition) is 6. The van der Waals surface area contributed by atoms with Gasteiger partial charge in [-0.3, -0.25) is 14.4 Å². The predicted octanol–water partition coefficient (Wildman–Crippen LogP) is 22.9. The van der Waals surface area contributed by atoms with Gasteiger partial charge in [0.15, 0.2) is 6.10 Å². The highest BCUT2D eigenvalue weighted by molar-refractivity contribution is 5.71. The van der Waals surface area contributed by atoms with Crippen LogP contribution in [-0.4, -0.2) is 37.2 Å². The molecule has 0 heterocycles. The lowest BCUT2D eigenvalue weighted by atomic mass is 10.0. The maximum atomic E-state index is 12.8. The van der Waals surface area contributed by atoms with Gasteiger partial charge in [-0.2, -0.15) is 0 Å². The summed E-state index contributed by atoms with van der Waals surface area (Å²) in [5, 5.41) is 0. The fraction of sp³-hybridized carbons (Fsp3) is 0.789. The first-order valence-corrected chi connectivity index (χ1v) is 33.4. The van der Waals surface area contributed by atoms with Gasteiger partial charge in [0, 0.05) is 19.3 Å². The number of rotatable bonds is 61. The molecule has 0 saturated heterocycles. The van der Waals surface area contributed by atoms with E-state index in [1.165, 1.54) is 199 Å². The fourth-order valence-electron chi connectivity index (χ4n) is 9.65. The number of ether oxygens (including phenoxy) is 3. The second-order valence-electron chi connectivity index (χ2n) is 22.3. The highest BCUT2D eigenvalue weighted by Crippen LogP contribution is 2.17. The van der Waals surface area contributed by atoms with Crippen LogP contribution < -0.4 is 0 Å². The second-order valence-corrected chi connectivity index (χ2v) is 22.3. The first kappa shape index (κ1) is 73.8. The molecule has 0 amide bonds. The molecule has 6 nitrogen and oxygen atoms in total. The molecular weight excluding hydrogens is 949 g/mol. The molecule has 0 aromatic heterocycles. The van der Waals surface area contributed by atoms with Crippen molar-refractivity contribution in [3.8, 4) is 0 Å². The topological polar surface area (TPSA) is 78.9 Å². The van der Waals surface area contributed by atoms with Gasteiger partial charge in [0.05, 0.1) is 0 Å². The van der Waals surface area contributed by atoms with Crippen LogP contribution in [0.2, 0.25) is 0 Å². The summed E-state index contributed by atoms with van der Waals surface area (Å²) in [6, 6.07) is 0. The number of esters is 3. The van der Waals surface area contributed by atoms with Crippen molar-refractivity contribution in [2.75, 3.05) is 13.2 Å². The van der Waals surface area contributed by atoms with E-state index in [-0.39, 0.29) is 31.1 Å². The minimum Gasteiger partial charge on any atom is -0.462 e. The minimum absolute atomic E-state index is 0.0767. The average Bonchev–Trinajstić information content (AvgIpc) is 3.43. The van der Waals surface area contributed by atoms with E-state index in [2.05, 4.69) is 93.7 Å². The van der Waals surface area contributed by atoms with E-state index < -0.39 is 6.10 Å². The Balaban J connectivity index is 4.01. The van der Waals surface area contributed by atoms with Crippen LogP contribution in [0.25, 0.3) is 0 Å². The average molecular weight is 1080 g/mol. The molecule has 1 unspecified atom stereocenters. The van der Waals surface area contributed by atoms with Crippen LogP contribution in [0.1, 0.15) is 342 Å². The van der Waals surface area contributed by atoms with Crippen molar-refractivity contribution in [3.05, 3.63) is 72.9 Å². The van der Waals surface area contributed by atoms with Gasteiger partial charge >= 0.3 is 17.9 Å². The van der Waals surface area contributed by atoms with Crippen molar-refractivity contribution in [2.45, 2.75) is 348 Å². The maximum Gasteiger partial charge on any atom is 0.306 e. The van der Waals surface area contributed by atoms with Crippen LogP contribution in [0.3, 0.4) is 0 Å². The highest BCUT2D eigenvalue weighted by atomic mass is 16.6. The Labute approximate surface area is 478 Å². The van der Waals surface area contributed by atoms with Crippen LogP contribution in [0.5, 0.6) is 0 Å². The van der Waals surface area contributed by atoms with Gasteiger partial charge in [0.1, 0.15) is 13.2 Å². The number of carbonyl (C=O) groups is 3. The van der Waals surface area contributed by atoms with Crippen LogP contribution in [0.4, 0.5) is 0 Å². The molecule has 6 heteroatoms. The van der Waals surface area contributed by atoms with Crippen LogP contribution >= 0.6 is 0 Å². The van der Waals surface area contributed by atoms with Crippen molar-refractivity contribution in [3.63, 3.8) is 0 Å². The summed E-state index contributed by atoms with van der Waals surface area (Å²) in [6.07, 6.45) is 85.2. The van der Waals surface area contributed by atoms with E-state index in [1.807, 2.05) is 0 Å². The molecule has 0 aromatic rings. The predicted molar refractivity (Wildman–Crippen MR) is 335 cm³/mol. The molecule has 0 aromatic carbocycles. The van der Waals surface area contributed by atoms with E-state index in [4.69, 9.17) is 14.2 Å². The Hall–Kier alpha value is -3.15. The lowest BCUT2D eigenvalue weighted by Crippen LogP contribution is -2.30. The summed E-state index contributed by atoms with van der Waals surface area (Å²) in [6.45, 7) is 6.49. The van der Waals surface area contributed by atoms with E-state index in [9.17, 15) is 14.4 Å². The van der Waals surface area contributed by atoms with Gasteiger partial charge in [0.25, 0.3) is 0 Å². The molecule has 0 aliphatic heterocycles. The molecule has 1 atom stereocenters. The monoisotopic (exact) mass is 1070 g/mol. The molecular formula is C71H126O6. The molecule has 0 rings (SSSR count).